The average Bonchev–Trinajstić information content (AvgIpc) is 3.36. The molecule has 2 N–H and O–H groups in total. The van der Waals surface area contributed by atoms with E-state index in [9.17, 15) is 14.7 Å². The summed E-state index contributed by atoms with van der Waals surface area (Å²) < 4.78 is 0. The van der Waals surface area contributed by atoms with Gasteiger partial charge in [0.2, 0.25) is 0 Å². The SMILES string of the molecule is C[C@@H](NC[C@H]1CN(C(=O)c2cc(Cl)c(C(=O)O)cc2Cl)C[C@@H]1c1ccccc1)c1cccc2ccccc12. The highest BCUT2D eigenvalue weighted by molar-refractivity contribution is 6.37. The van der Waals surface area contributed by atoms with Gasteiger partial charge in [0.1, 0.15) is 0 Å². The van der Waals surface area contributed by atoms with Crippen molar-refractivity contribution in [2.75, 3.05) is 19.6 Å². The highest BCUT2D eigenvalue weighted by Gasteiger charge is 2.37. The number of amides is 1. The highest BCUT2D eigenvalue weighted by Crippen LogP contribution is 2.35. The van der Waals surface area contributed by atoms with Gasteiger partial charge >= 0.3 is 5.97 Å². The maximum Gasteiger partial charge on any atom is 0.337 e. The van der Waals surface area contributed by atoms with E-state index in [1.54, 1.807) is 4.90 Å². The molecule has 1 aliphatic heterocycles. The van der Waals surface area contributed by atoms with E-state index in [1.807, 2.05) is 24.3 Å². The fourth-order valence-corrected chi connectivity index (χ4v) is 5.92. The smallest absolute Gasteiger partial charge is 0.337 e. The molecule has 1 aliphatic rings. The summed E-state index contributed by atoms with van der Waals surface area (Å²) in [7, 11) is 0. The van der Waals surface area contributed by atoms with Crippen molar-refractivity contribution in [2.45, 2.75) is 18.9 Å². The number of benzene rings is 4. The summed E-state index contributed by atoms with van der Waals surface area (Å²) in [5.41, 5.74) is 2.51. The lowest BCUT2D eigenvalue weighted by atomic mass is 9.88. The third-order valence-corrected chi connectivity index (χ3v) is 8.08. The molecular formula is C31H28Cl2N2O3. The van der Waals surface area contributed by atoms with Crippen molar-refractivity contribution in [3.8, 4) is 0 Å². The lowest BCUT2D eigenvalue weighted by molar-refractivity contribution is 0.0695. The van der Waals surface area contributed by atoms with Gasteiger partial charge in [-0.15, -0.1) is 0 Å². The number of nitrogens with zero attached hydrogens (tertiary/aromatic N) is 1. The van der Waals surface area contributed by atoms with E-state index in [2.05, 4.69) is 60.8 Å². The Morgan fingerprint density at radius 3 is 2.34 bits per heavy atom. The van der Waals surface area contributed by atoms with Gasteiger partial charge in [-0.25, -0.2) is 4.79 Å². The van der Waals surface area contributed by atoms with Crippen LogP contribution in [0.3, 0.4) is 0 Å². The molecule has 4 aromatic rings. The lowest BCUT2D eigenvalue weighted by Crippen LogP contribution is -2.32. The van der Waals surface area contributed by atoms with Gasteiger partial charge in [-0.3, -0.25) is 4.79 Å². The second-order valence-corrected chi connectivity index (χ2v) is 10.6. The average molecular weight is 547 g/mol. The van der Waals surface area contributed by atoms with Gasteiger partial charge in [0.05, 0.1) is 21.2 Å². The molecule has 0 bridgehead atoms. The molecule has 194 valence electrons. The molecular weight excluding hydrogens is 519 g/mol. The first kappa shape index (κ1) is 26.2. The number of halogens is 2. The number of likely N-dealkylation sites (tertiary alicyclic amines) is 1. The zero-order chi connectivity index (χ0) is 26.8. The second-order valence-electron chi connectivity index (χ2n) is 9.80. The summed E-state index contributed by atoms with van der Waals surface area (Å²) in [6.07, 6.45) is 0. The molecule has 38 heavy (non-hydrogen) atoms. The van der Waals surface area contributed by atoms with E-state index in [0.717, 1.165) is 6.54 Å². The van der Waals surface area contributed by atoms with Crippen molar-refractivity contribution in [1.82, 2.24) is 10.2 Å². The van der Waals surface area contributed by atoms with Gasteiger partial charge in [-0.2, -0.15) is 0 Å². The lowest BCUT2D eigenvalue weighted by Gasteiger charge is -2.23. The normalized spacial score (nSPS) is 18.0. The van der Waals surface area contributed by atoms with Crippen LogP contribution in [0.2, 0.25) is 10.0 Å². The van der Waals surface area contributed by atoms with Crippen LogP contribution in [0, 0.1) is 5.92 Å². The molecule has 5 nitrogen and oxygen atoms in total. The Kier molecular flexibility index (Phi) is 7.70. The quantitative estimate of drug-likeness (QED) is 0.260. The summed E-state index contributed by atoms with van der Waals surface area (Å²) in [5, 5.41) is 15.6. The molecule has 0 unspecified atom stereocenters. The van der Waals surface area contributed by atoms with Crippen molar-refractivity contribution < 1.29 is 14.7 Å². The molecule has 5 rings (SSSR count). The first-order chi connectivity index (χ1) is 18.3. The molecule has 3 atom stereocenters. The monoisotopic (exact) mass is 546 g/mol. The Hall–Kier alpha value is -3.38. The van der Waals surface area contributed by atoms with E-state index >= 15 is 0 Å². The summed E-state index contributed by atoms with van der Waals surface area (Å²) >= 11 is 12.5. The number of hydrogen-bond donors (Lipinski definition) is 2. The molecule has 0 saturated carbocycles. The standard InChI is InChI=1S/C31H28Cl2N2O3/c1-19(23-13-7-11-20-10-5-6-12-24(20)23)34-16-22-17-35(18-27(22)21-8-3-2-4-9-21)30(36)25-14-29(33)26(31(37)38)15-28(25)32/h2-15,19,22,27,34H,16-18H2,1H3,(H,37,38)/t19-,22+,27-/m1/s1. The maximum absolute atomic E-state index is 13.5. The number of carbonyl (C=O) groups excluding carboxylic acids is 1. The predicted molar refractivity (Wildman–Crippen MR) is 152 cm³/mol. The van der Waals surface area contributed by atoms with E-state index in [0.29, 0.717) is 13.1 Å². The molecule has 0 radical (unpaired) electrons. The molecule has 1 heterocycles. The minimum Gasteiger partial charge on any atom is -0.478 e. The number of hydrogen-bond acceptors (Lipinski definition) is 3. The van der Waals surface area contributed by atoms with Crippen LogP contribution in [-0.2, 0) is 0 Å². The number of carboxylic acid groups (broad SMARTS) is 1. The zero-order valence-corrected chi connectivity index (χ0v) is 22.4. The van der Waals surface area contributed by atoms with Crippen LogP contribution in [0.15, 0.2) is 84.9 Å². The van der Waals surface area contributed by atoms with Crippen LogP contribution in [0.1, 0.15) is 50.7 Å². The van der Waals surface area contributed by atoms with Crippen molar-refractivity contribution in [3.63, 3.8) is 0 Å². The predicted octanol–water partition coefficient (Wildman–Crippen LogP) is 7.05. The molecule has 0 spiro atoms. The molecule has 1 saturated heterocycles. The van der Waals surface area contributed by atoms with Crippen molar-refractivity contribution >= 4 is 45.9 Å². The number of aromatic carboxylic acids is 1. The Bertz CT molecular complexity index is 1490. The topological polar surface area (TPSA) is 69.6 Å². The van der Waals surface area contributed by atoms with Crippen LogP contribution >= 0.6 is 23.2 Å². The first-order valence-corrected chi connectivity index (χ1v) is 13.4. The Balaban J connectivity index is 1.38. The van der Waals surface area contributed by atoms with E-state index in [4.69, 9.17) is 23.2 Å². The van der Waals surface area contributed by atoms with Gasteiger partial charge in [-0.1, -0.05) is 96.0 Å². The minimum absolute atomic E-state index is 0.00816. The van der Waals surface area contributed by atoms with Gasteiger partial charge in [-0.05, 0) is 46.9 Å². The van der Waals surface area contributed by atoms with E-state index in [1.165, 1.54) is 34.0 Å². The first-order valence-electron chi connectivity index (χ1n) is 12.6. The van der Waals surface area contributed by atoms with Crippen LogP contribution < -0.4 is 5.32 Å². The summed E-state index contributed by atoms with van der Waals surface area (Å²) in [5.74, 6) is -1.13. The molecule has 0 aliphatic carbocycles. The molecule has 1 fully saturated rings. The fourth-order valence-electron chi connectivity index (χ4n) is 5.43. The zero-order valence-electron chi connectivity index (χ0n) is 20.9. The van der Waals surface area contributed by atoms with Crippen molar-refractivity contribution in [2.24, 2.45) is 5.92 Å². The van der Waals surface area contributed by atoms with Crippen molar-refractivity contribution in [3.05, 3.63) is 117 Å². The summed E-state index contributed by atoms with van der Waals surface area (Å²) in [6, 6.07) is 27.7. The minimum atomic E-state index is -1.19. The fraction of sp³-hybridized carbons (Fsp3) is 0.226. The Morgan fingerprint density at radius 2 is 1.58 bits per heavy atom. The molecule has 4 aromatic carbocycles. The third kappa shape index (κ3) is 5.28. The van der Waals surface area contributed by atoms with Crippen LogP contribution in [-0.4, -0.2) is 41.5 Å². The van der Waals surface area contributed by atoms with Crippen LogP contribution in [0.4, 0.5) is 0 Å². The maximum atomic E-state index is 13.5. The van der Waals surface area contributed by atoms with Crippen LogP contribution in [0.5, 0.6) is 0 Å². The number of fused-ring (bicyclic) bond motifs is 1. The molecule has 0 aromatic heterocycles. The Morgan fingerprint density at radius 1 is 0.921 bits per heavy atom. The second kappa shape index (κ2) is 11.2. The van der Waals surface area contributed by atoms with Gasteiger partial charge in [0.25, 0.3) is 5.91 Å². The molecule has 1 amide bonds. The van der Waals surface area contributed by atoms with Crippen molar-refractivity contribution in [1.29, 1.82) is 0 Å². The highest BCUT2D eigenvalue weighted by atomic mass is 35.5. The van der Waals surface area contributed by atoms with Crippen LogP contribution in [0.25, 0.3) is 10.8 Å². The van der Waals surface area contributed by atoms with Gasteiger partial charge in [0.15, 0.2) is 0 Å². The van der Waals surface area contributed by atoms with E-state index < -0.39 is 5.97 Å². The van der Waals surface area contributed by atoms with E-state index in [-0.39, 0.29) is 45.0 Å². The Labute approximate surface area is 232 Å². The summed E-state index contributed by atoms with van der Waals surface area (Å²) in [6.45, 7) is 3.97. The molecule has 7 heteroatoms. The number of carbonyl (C=O) groups is 2. The largest absolute Gasteiger partial charge is 0.478 e. The van der Waals surface area contributed by atoms with Gasteiger partial charge in [0, 0.05) is 31.6 Å². The third-order valence-electron chi connectivity index (χ3n) is 7.45. The number of rotatable bonds is 7. The van der Waals surface area contributed by atoms with Gasteiger partial charge < -0.3 is 15.3 Å². The number of nitrogens with one attached hydrogen (secondary N) is 1. The number of carboxylic acids is 1. The summed E-state index contributed by atoms with van der Waals surface area (Å²) in [4.78, 5) is 26.8.